The van der Waals surface area contributed by atoms with Gasteiger partial charge in [-0.05, 0) is 30.4 Å². The molecule has 5 nitrogen and oxygen atoms in total. The zero-order valence-corrected chi connectivity index (χ0v) is 13.7. The number of aromatic nitrogens is 2. The van der Waals surface area contributed by atoms with Gasteiger partial charge in [0.2, 0.25) is 5.89 Å². The van der Waals surface area contributed by atoms with Crippen LogP contribution in [0.3, 0.4) is 0 Å². The van der Waals surface area contributed by atoms with Crippen molar-refractivity contribution in [3.05, 3.63) is 47.1 Å². The third-order valence-electron chi connectivity index (χ3n) is 4.53. The predicted octanol–water partition coefficient (Wildman–Crippen LogP) is 2.89. The Balaban J connectivity index is 1.71. The van der Waals surface area contributed by atoms with Crippen LogP contribution in [0.1, 0.15) is 55.1 Å². The van der Waals surface area contributed by atoms with Gasteiger partial charge in [-0.25, -0.2) is 0 Å². The third kappa shape index (κ3) is 3.79. The highest BCUT2D eigenvalue weighted by Gasteiger charge is 2.28. The van der Waals surface area contributed by atoms with E-state index in [9.17, 15) is 5.11 Å². The summed E-state index contributed by atoms with van der Waals surface area (Å²) in [5.41, 5.74) is 2.78. The fraction of sp³-hybridized carbons (Fsp3) is 0.556. The minimum atomic E-state index is 0.134. The van der Waals surface area contributed by atoms with Crippen LogP contribution in [0, 0.1) is 0 Å². The van der Waals surface area contributed by atoms with E-state index >= 15 is 0 Å². The predicted molar refractivity (Wildman–Crippen MR) is 87.9 cm³/mol. The quantitative estimate of drug-likeness (QED) is 0.811. The Bertz CT molecular complexity index is 626. The fourth-order valence-corrected chi connectivity index (χ4v) is 3.35. The summed E-state index contributed by atoms with van der Waals surface area (Å²) in [7, 11) is 0. The Morgan fingerprint density at radius 3 is 3.04 bits per heavy atom. The van der Waals surface area contributed by atoms with E-state index < -0.39 is 0 Å². The maximum Gasteiger partial charge on any atom is 0.240 e. The molecule has 1 heterocycles. The molecule has 0 aliphatic heterocycles. The number of aliphatic hydroxyl groups excluding tert-OH is 1. The van der Waals surface area contributed by atoms with Gasteiger partial charge in [0.15, 0.2) is 5.82 Å². The Labute approximate surface area is 137 Å². The standard InChI is InChI=1S/C18H25N3O2/c1-2-3-8-17-19-18(23-20-17)13-21(11-12-22)16-10-9-14-6-4-5-7-15(14)16/h4-7,16,22H,2-3,8-13H2,1H3/t16-/m1/s1. The Morgan fingerprint density at radius 2 is 2.22 bits per heavy atom. The minimum absolute atomic E-state index is 0.134. The molecule has 5 heteroatoms. The van der Waals surface area contributed by atoms with Crippen molar-refractivity contribution in [1.82, 2.24) is 15.0 Å². The van der Waals surface area contributed by atoms with Gasteiger partial charge in [0.05, 0.1) is 13.2 Å². The molecule has 0 bridgehead atoms. The summed E-state index contributed by atoms with van der Waals surface area (Å²) in [5.74, 6) is 1.44. The molecule has 1 aliphatic rings. The smallest absolute Gasteiger partial charge is 0.240 e. The van der Waals surface area contributed by atoms with Gasteiger partial charge in [-0.3, -0.25) is 4.90 Å². The molecule has 1 atom stereocenters. The average Bonchev–Trinajstić information content (AvgIpc) is 3.19. The largest absolute Gasteiger partial charge is 0.395 e. The number of aryl methyl sites for hydroxylation is 2. The fourth-order valence-electron chi connectivity index (χ4n) is 3.35. The minimum Gasteiger partial charge on any atom is -0.395 e. The van der Waals surface area contributed by atoms with Crippen LogP contribution in [0.5, 0.6) is 0 Å². The molecule has 124 valence electrons. The molecule has 0 spiro atoms. The van der Waals surface area contributed by atoms with E-state index in [1.54, 1.807) is 0 Å². The Morgan fingerprint density at radius 1 is 1.35 bits per heavy atom. The third-order valence-corrected chi connectivity index (χ3v) is 4.53. The summed E-state index contributed by atoms with van der Waals surface area (Å²) >= 11 is 0. The highest BCUT2D eigenvalue weighted by Crippen LogP contribution is 2.36. The SMILES string of the molecule is CCCCc1noc(CN(CCO)[C@@H]2CCc3ccccc32)n1. The van der Waals surface area contributed by atoms with Crippen molar-refractivity contribution in [2.75, 3.05) is 13.2 Å². The van der Waals surface area contributed by atoms with E-state index in [0.717, 1.165) is 37.9 Å². The molecule has 0 saturated carbocycles. The van der Waals surface area contributed by atoms with Gasteiger partial charge in [-0.2, -0.15) is 4.98 Å². The van der Waals surface area contributed by atoms with E-state index in [1.165, 1.54) is 11.1 Å². The number of rotatable bonds is 8. The molecule has 1 aromatic heterocycles. The van der Waals surface area contributed by atoms with E-state index in [1.807, 2.05) is 0 Å². The van der Waals surface area contributed by atoms with Gasteiger partial charge in [0.25, 0.3) is 0 Å². The van der Waals surface area contributed by atoms with Gasteiger partial charge in [-0.1, -0.05) is 42.8 Å². The van der Waals surface area contributed by atoms with Crippen LogP contribution < -0.4 is 0 Å². The second-order valence-electron chi connectivity index (χ2n) is 6.16. The maximum atomic E-state index is 9.44. The Kier molecular flexibility index (Phi) is 5.41. The topological polar surface area (TPSA) is 62.4 Å². The van der Waals surface area contributed by atoms with Crippen LogP contribution >= 0.6 is 0 Å². The highest BCUT2D eigenvalue weighted by atomic mass is 16.5. The molecule has 2 aromatic rings. The summed E-state index contributed by atoms with van der Waals surface area (Å²) in [6.45, 7) is 3.50. The molecule has 1 aliphatic carbocycles. The summed E-state index contributed by atoms with van der Waals surface area (Å²) < 4.78 is 5.40. The van der Waals surface area contributed by atoms with Crippen molar-refractivity contribution in [3.63, 3.8) is 0 Å². The number of fused-ring (bicyclic) bond motifs is 1. The van der Waals surface area contributed by atoms with Crippen LogP contribution in [0.4, 0.5) is 0 Å². The zero-order chi connectivity index (χ0) is 16.1. The molecule has 0 unspecified atom stereocenters. The molecule has 0 amide bonds. The zero-order valence-electron chi connectivity index (χ0n) is 13.7. The normalized spacial score (nSPS) is 16.9. The van der Waals surface area contributed by atoms with E-state index in [0.29, 0.717) is 25.0 Å². The first-order valence-electron chi connectivity index (χ1n) is 8.56. The summed E-state index contributed by atoms with van der Waals surface area (Å²) in [4.78, 5) is 6.75. The maximum absolute atomic E-state index is 9.44. The van der Waals surface area contributed by atoms with Crippen LogP contribution in [-0.4, -0.2) is 33.3 Å². The number of aliphatic hydroxyl groups is 1. The Hall–Kier alpha value is -1.72. The first kappa shape index (κ1) is 16.1. The monoisotopic (exact) mass is 315 g/mol. The van der Waals surface area contributed by atoms with Crippen molar-refractivity contribution >= 4 is 0 Å². The average molecular weight is 315 g/mol. The van der Waals surface area contributed by atoms with Gasteiger partial charge in [-0.15, -0.1) is 0 Å². The highest BCUT2D eigenvalue weighted by molar-refractivity contribution is 5.34. The molecule has 1 N–H and O–H groups in total. The first-order chi connectivity index (χ1) is 11.3. The van der Waals surface area contributed by atoms with Gasteiger partial charge in [0.1, 0.15) is 0 Å². The van der Waals surface area contributed by atoms with E-state index in [4.69, 9.17) is 4.52 Å². The molecule has 23 heavy (non-hydrogen) atoms. The lowest BCUT2D eigenvalue weighted by Gasteiger charge is -2.27. The van der Waals surface area contributed by atoms with Crippen molar-refractivity contribution in [1.29, 1.82) is 0 Å². The lowest BCUT2D eigenvalue weighted by atomic mass is 10.1. The summed E-state index contributed by atoms with van der Waals surface area (Å²) in [5, 5.41) is 13.5. The van der Waals surface area contributed by atoms with Crippen molar-refractivity contribution in [2.45, 2.75) is 51.6 Å². The summed E-state index contributed by atoms with van der Waals surface area (Å²) in [6, 6.07) is 8.89. The van der Waals surface area contributed by atoms with Gasteiger partial charge < -0.3 is 9.63 Å². The van der Waals surface area contributed by atoms with Crippen molar-refractivity contribution in [3.8, 4) is 0 Å². The molecule has 3 rings (SSSR count). The summed E-state index contributed by atoms with van der Waals surface area (Å²) in [6.07, 6.45) is 5.24. The van der Waals surface area contributed by atoms with Crippen molar-refractivity contribution < 1.29 is 9.63 Å². The lowest BCUT2D eigenvalue weighted by Crippen LogP contribution is -2.30. The molecular weight excluding hydrogens is 290 g/mol. The number of hydrogen-bond acceptors (Lipinski definition) is 5. The number of unbranched alkanes of at least 4 members (excludes halogenated alkanes) is 1. The second-order valence-corrected chi connectivity index (χ2v) is 6.16. The van der Waals surface area contributed by atoms with Gasteiger partial charge in [0, 0.05) is 19.0 Å². The number of benzene rings is 1. The van der Waals surface area contributed by atoms with Crippen molar-refractivity contribution in [2.24, 2.45) is 0 Å². The molecular formula is C18H25N3O2. The van der Waals surface area contributed by atoms with E-state index in [2.05, 4.69) is 46.2 Å². The molecule has 0 fully saturated rings. The molecule has 1 aromatic carbocycles. The van der Waals surface area contributed by atoms with Gasteiger partial charge >= 0.3 is 0 Å². The lowest BCUT2D eigenvalue weighted by molar-refractivity contribution is 0.128. The van der Waals surface area contributed by atoms with Crippen LogP contribution in [-0.2, 0) is 19.4 Å². The van der Waals surface area contributed by atoms with E-state index in [-0.39, 0.29) is 6.61 Å². The number of nitrogens with zero attached hydrogens (tertiary/aromatic N) is 3. The second kappa shape index (κ2) is 7.70. The number of hydrogen-bond donors (Lipinski definition) is 1. The first-order valence-corrected chi connectivity index (χ1v) is 8.56. The molecule has 0 saturated heterocycles. The van der Waals surface area contributed by atoms with Crippen LogP contribution in [0.2, 0.25) is 0 Å². The van der Waals surface area contributed by atoms with Crippen LogP contribution in [0.25, 0.3) is 0 Å². The molecule has 0 radical (unpaired) electrons. The van der Waals surface area contributed by atoms with Crippen LogP contribution in [0.15, 0.2) is 28.8 Å².